The normalized spacial score (nSPS) is 17.5. The number of alkyl halides is 6. The lowest BCUT2D eigenvalue weighted by atomic mass is 9.87. The van der Waals surface area contributed by atoms with Gasteiger partial charge in [-0.3, -0.25) is 19.4 Å². The molecular formula is C53H61F6N9O8. The molecule has 408 valence electrons. The van der Waals surface area contributed by atoms with E-state index in [2.05, 4.69) is 10.6 Å². The van der Waals surface area contributed by atoms with Gasteiger partial charge in [0.15, 0.2) is 0 Å². The van der Waals surface area contributed by atoms with Gasteiger partial charge in [-0.15, -0.1) is 0 Å². The molecule has 0 bridgehead atoms. The van der Waals surface area contributed by atoms with Crippen LogP contribution in [0.15, 0.2) is 119 Å². The van der Waals surface area contributed by atoms with Crippen LogP contribution in [-0.2, 0) is 41.0 Å². The van der Waals surface area contributed by atoms with Crippen molar-refractivity contribution < 1.29 is 64.6 Å². The van der Waals surface area contributed by atoms with Crippen LogP contribution in [0.4, 0.5) is 53.0 Å². The van der Waals surface area contributed by atoms with Crippen molar-refractivity contribution >= 4 is 52.9 Å². The summed E-state index contributed by atoms with van der Waals surface area (Å²) in [7, 11) is 1.81. The third-order valence-electron chi connectivity index (χ3n) is 12.9. The SMILES string of the molecule is CCOC(=O)C1=C(C)N(c2cccc(C(F)(F)F)c2)C(=O)N(CC(=O)NCCCN(C)CCCNC(=O)CN2C(=O)N(c3cccc(C(F)(F)F)c3)C(C)=C(C(=O)OCC)C2c2ccc(N)cc2)C1C1=CC=C(N)CC1. The number of rotatable bonds is 20. The van der Waals surface area contributed by atoms with Crippen molar-refractivity contribution in [3.05, 3.63) is 135 Å². The molecule has 1 aliphatic carbocycles. The van der Waals surface area contributed by atoms with Crippen molar-refractivity contribution in [1.29, 1.82) is 0 Å². The zero-order chi connectivity index (χ0) is 55.6. The highest BCUT2D eigenvalue weighted by atomic mass is 19.4. The fraction of sp³-hybridized carbons (Fsp3) is 0.396. The molecule has 2 atom stereocenters. The van der Waals surface area contributed by atoms with Crippen LogP contribution in [0.25, 0.3) is 0 Å². The van der Waals surface area contributed by atoms with Crippen molar-refractivity contribution in [3.8, 4) is 0 Å². The molecule has 0 radical (unpaired) electrons. The zero-order valence-corrected chi connectivity index (χ0v) is 42.6. The summed E-state index contributed by atoms with van der Waals surface area (Å²) in [6.45, 7) is 5.91. The Morgan fingerprint density at radius 3 is 1.53 bits per heavy atom. The van der Waals surface area contributed by atoms with Crippen molar-refractivity contribution in [2.75, 3.05) is 75.1 Å². The molecule has 6 amide bonds. The number of amides is 6. The van der Waals surface area contributed by atoms with Crippen molar-refractivity contribution in [2.45, 2.75) is 77.8 Å². The van der Waals surface area contributed by atoms with Gasteiger partial charge in [-0.05, 0) is 139 Å². The molecule has 2 heterocycles. The first-order valence-electron chi connectivity index (χ1n) is 24.5. The minimum absolute atomic E-state index is 0.00670. The number of anilines is 3. The van der Waals surface area contributed by atoms with Crippen LogP contribution in [0.2, 0.25) is 0 Å². The van der Waals surface area contributed by atoms with Crippen molar-refractivity contribution in [2.24, 2.45) is 5.73 Å². The summed E-state index contributed by atoms with van der Waals surface area (Å²) in [5.41, 5.74) is 11.4. The number of allylic oxidation sites excluding steroid dienone is 5. The Hall–Kier alpha value is -7.82. The Morgan fingerprint density at radius 2 is 1.11 bits per heavy atom. The largest absolute Gasteiger partial charge is 0.463 e. The number of hydrogen-bond donors (Lipinski definition) is 4. The number of hydrogen-bond acceptors (Lipinski definition) is 11. The summed E-state index contributed by atoms with van der Waals surface area (Å²) in [4.78, 5) is 89.7. The number of carbonyl (C=O) groups is 6. The standard InChI is InChI=1S/C53H61F6N9O8/c1-6-75-48(71)44-32(3)67(40-14-8-12-36(28-40)52(54,55)56)50(73)65(46(44)34-16-20-38(60)21-17-34)30-42(69)62-24-10-26-64(5)27-11-25-63-43(70)31-66-47(35-18-22-39(61)23-19-35)45(49(72)76-7-2)33(4)68(51(66)74)41-15-9-13-37(29-41)53(57,58)59/h8-9,12-18,20-22,28-29,46-47H,6-7,10-11,19,23-27,30-31,60-61H2,1-5H3,(H,62,69)(H,63,70). The smallest absolute Gasteiger partial charge is 0.416 e. The van der Waals surface area contributed by atoms with E-state index in [0.717, 1.165) is 56.0 Å². The molecule has 0 spiro atoms. The molecule has 2 unspecified atom stereocenters. The van der Waals surface area contributed by atoms with E-state index in [1.807, 2.05) is 11.9 Å². The average molecular weight is 1070 g/mol. The minimum Gasteiger partial charge on any atom is -0.463 e. The number of carbonyl (C=O) groups excluding carboxylic acids is 6. The van der Waals surface area contributed by atoms with E-state index in [9.17, 15) is 55.1 Å². The lowest BCUT2D eigenvalue weighted by Crippen LogP contribution is -2.58. The van der Waals surface area contributed by atoms with E-state index in [1.54, 1.807) is 50.3 Å². The Labute approximate surface area is 435 Å². The van der Waals surface area contributed by atoms with Crippen LogP contribution in [0.1, 0.15) is 76.1 Å². The highest BCUT2D eigenvalue weighted by Crippen LogP contribution is 2.42. The molecule has 76 heavy (non-hydrogen) atoms. The molecule has 6 N–H and O–H groups in total. The lowest BCUT2D eigenvalue weighted by molar-refractivity contribution is -0.140. The first-order valence-corrected chi connectivity index (χ1v) is 24.5. The molecule has 6 rings (SSSR count). The van der Waals surface area contributed by atoms with Crippen molar-refractivity contribution in [1.82, 2.24) is 25.3 Å². The summed E-state index contributed by atoms with van der Waals surface area (Å²) in [5.74, 6) is -2.89. The second kappa shape index (κ2) is 24.7. The summed E-state index contributed by atoms with van der Waals surface area (Å²) in [6.07, 6.45) is -4.66. The molecule has 0 saturated heterocycles. The second-order valence-electron chi connectivity index (χ2n) is 18.2. The highest BCUT2D eigenvalue weighted by Gasteiger charge is 2.46. The first-order chi connectivity index (χ1) is 36.0. The van der Waals surface area contributed by atoms with E-state index in [0.29, 0.717) is 61.3 Å². The fourth-order valence-electron chi connectivity index (χ4n) is 9.21. The van der Waals surface area contributed by atoms with Crippen LogP contribution in [0, 0.1) is 0 Å². The predicted octanol–water partition coefficient (Wildman–Crippen LogP) is 7.78. The van der Waals surface area contributed by atoms with Crippen LogP contribution in [-0.4, -0.2) is 116 Å². The number of urea groups is 2. The molecule has 3 aliphatic rings. The summed E-state index contributed by atoms with van der Waals surface area (Å²) in [6, 6.07) is 10.4. The monoisotopic (exact) mass is 1070 g/mol. The lowest BCUT2D eigenvalue weighted by Gasteiger charge is -2.43. The van der Waals surface area contributed by atoms with Gasteiger partial charge < -0.3 is 46.3 Å². The number of nitrogens with zero attached hydrogens (tertiary/aromatic N) is 5. The molecule has 0 fully saturated rings. The van der Waals surface area contributed by atoms with Gasteiger partial charge in [0.1, 0.15) is 13.1 Å². The highest BCUT2D eigenvalue weighted by molar-refractivity contribution is 6.06. The van der Waals surface area contributed by atoms with E-state index in [-0.39, 0.29) is 60.2 Å². The fourth-order valence-corrected chi connectivity index (χ4v) is 9.21. The van der Waals surface area contributed by atoms with Gasteiger partial charge in [-0.1, -0.05) is 30.3 Å². The Kier molecular flexibility index (Phi) is 18.7. The number of esters is 2. The van der Waals surface area contributed by atoms with Crippen LogP contribution in [0.3, 0.4) is 0 Å². The summed E-state index contributed by atoms with van der Waals surface area (Å²) >= 11 is 0. The van der Waals surface area contributed by atoms with E-state index >= 15 is 0 Å². The van der Waals surface area contributed by atoms with Gasteiger partial charge in [0.25, 0.3) is 0 Å². The van der Waals surface area contributed by atoms with Gasteiger partial charge >= 0.3 is 36.4 Å². The summed E-state index contributed by atoms with van der Waals surface area (Å²) in [5, 5.41) is 5.57. The number of ether oxygens (including phenoxy) is 2. The zero-order valence-electron chi connectivity index (χ0n) is 42.6. The predicted molar refractivity (Wildman–Crippen MR) is 270 cm³/mol. The number of nitrogens with two attached hydrogens (primary N) is 2. The number of nitrogen functional groups attached to an aromatic ring is 1. The first kappa shape index (κ1) is 57.5. The second-order valence-corrected chi connectivity index (χ2v) is 18.2. The molecule has 3 aromatic carbocycles. The molecule has 17 nitrogen and oxygen atoms in total. The molecule has 0 aromatic heterocycles. The van der Waals surface area contributed by atoms with E-state index in [1.165, 1.54) is 26.0 Å². The van der Waals surface area contributed by atoms with Gasteiger partial charge in [0.05, 0.1) is 58.9 Å². The van der Waals surface area contributed by atoms with Gasteiger partial charge in [0, 0.05) is 35.9 Å². The van der Waals surface area contributed by atoms with E-state index < -0.39 is 84.5 Å². The van der Waals surface area contributed by atoms with Gasteiger partial charge in [0.2, 0.25) is 11.8 Å². The maximum Gasteiger partial charge on any atom is 0.416 e. The van der Waals surface area contributed by atoms with Crippen molar-refractivity contribution in [3.63, 3.8) is 0 Å². The topological polar surface area (TPSA) is 213 Å². The van der Waals surface area contributed by atoms with Crippen LogP contribution >= 0.6 is 0 Å². The molecular weight excluding hydrogens is 1000 g/mol. The van der Waals surface area contributed by atoms with Gasteiger partial charge in [-0.25, -0.2) is 19.2 Å². The van der Waals surface area contributed by atoms with Gasteiger partial charge in [-0.2, -0.15) is 26.3 Å². The Balaban J connectivity index is 1.09. The minimum atomic E-state index is -4.75. The van der Waals surface area contributed by atoms with E-state index in [4.69, 9.17) is 20.9 Å². The maximum absolute atomic E-state index is 14.5. The molecule has 0 saturated carbocycles. The average Bonchev–Trinajstić information content (AvgIpc) is 3.36. The number of halogens is 6. The third-order valence-corrected chi connectivity index (χ3v) is 12.9. The Bertz CT molecular complexity index is 2810. The Morgan fingerprint density at radius 1 is 0.658 bits per heavy atom. The molecule has 23 heteroatoms. The quantitative estimate of drug-likeness (QED) is 0.0371. The molecule has 3 aromatic rings. The summed E-state index contributed by atoms with van der Waals surface area (Å²) < 4.78 is 94.0. The maximum atomic E-state index is 14.5. The number of benzene rings is 3. The van der Waals surface area contributed by atoms with Crippen LogP contribution in [0.5, 0.6) is 0 Å². The third kappa shape index (κ3) is 13.5. The molecule has 2 aliphatic heterocycles. The number of nitrogens with one attached hydrogen (secondary N) is 2. The van der Waals surface area contributed by atoms with Crippen LogP contribution < -0.4 is 31.9 Å².